The first kappa shape index (κ1) is 17.7. The summed E-state index contributed by atoms with van der Waals surface area (Å²) in [5.41, 5.74) is -0.403. The second-order valence-corrected chi connectivity index (χ2v) is 7.51. The molecule has 3 nitrogen and oxygen atoms in total. The number of benzene rings is 1. The normalized spacial score (nSPS) is 11.0. The van der Waals surface area contributed by atoms with Crippen LogP contribution in [0.2, 0.25) is 0 Å². The Labute approximate surface area is 152 Å². The lowest BCUT2D eigenvalue weighted by atomic mass is 10.3. The van der Waals surface area contributed by atoms with Crippen LogP contribution in [0.3, 0.4) is 0 Å². The largest absolute Gasteiger partial charge is 0.320 e. The maximum absolute atomic E-state index is 13.7. The molecule has 0 fully saturated rings. The lowest BCUT2D eigenvalue weighted by Gasteiger charge is -2.20. The highest BCUT2D eigenvalue weighted by atomic mass is 32.1. The van der Waals surface area contributed by atoms with Gasteiger partial charge in [0.15, 0.2) is 0 Å². The van der Waals surface area contributed by atoms with Gasteiger partial charge in [-0.05, 0) is 35.0 Å². The number of rotatable bonds is 7. The number of nitrogens with one attached hydrogen (secondary N) is 1. The summed E-state index contributed by atoms with van der Waals surface area (Å²) in [6.07, 6.45) is 0. The molecule has 2 heterocycles. The van der Waals surface area contributed by atoms with E-state index in [1.807, 2.05) is 39.9 Å². The second kappa shape index (κ2) is 8.33. The molecular weight excluding hydrogens is 362 g/mol. The molecule has 7 heteroatoms. The molecule has 0 aliphatic heterocycles. The fraction of sp³-hybridized carbons (Fsp3) is 0.167. The molecule has 0 aliphatic carbocycles. The van der Waals surface area contributed by atoms with Crippen LogP contribution < -0.4 is 5.32 Å². The van der Waals surface area contributed by atoms with E-state index in [1.54, 1.807) is 22.7 Å². The van der Waals surface area contributed by atoms with E-state index in [-0.39, 0.29) is 6.54 Å². The molecule has 1 amide bonds. The summed E-state index contributed by atoms with van der Waals surface area (Å²) in [5.74, 6) is -2.01. The Kier molecular flexibility index (Phi) is 5.91. The van der Waals surface area contributed by atoms with Crippen LogP contribution in [-0.2, 0) is 17.9 Å². The zero-order valence-corrected chi connectivity index (χ0v) is 14.9. The van der Waals surface area contributed by atoms with Crippen molar-refractivity contribution in [2.45, 2.75) is 13.1 Å². The van der Waals surface area contributed by atoms with Gasteiger partial charge in [-0.3, -0.25) is 9.69 Å². The lowest BCUT2D eigenvalue weighted by molar-refractivity contribution is -0.117. The Balaban J connectivity index is 1.69. The topological polar surface area (TPSA) is 32.3 Å². The van der Waals surface area contributed by atoms with Gasteiger partial charge in [0.05, 0.1) is 6.54 Å². The molecule has 0 spiro atoms. The first-order valence-electron chi connectivity index (χ1n) is 7.63. The van der Waals surface area contributed by atoms with Crippen LogP contribution in [0.5, 0.6) is 0 Å². The van der Waals surface area contributed by atoms with Gasteiger partial charge in [-0.1, -0.05) is 18.2 Å². The number of amides is 1. The Morgan fingerprint density at radius 2 is 1.48 bits per heavy atom. The van der Waals surface area contributed by atoms with Crippen molar-refractivity contribution in [2.75, 3.05) is 11.9 Å². The van der Waals surface area contributed by atoms with Gasteiger partial charge in [-0.25, -0.2) is 8.78 Å². The van der Waals surface area contributed by atoms with Gasteiger partial charge < -0.3 is 5.32 Å². The molecule has 1 aromatic carbocycles. The molecule has 0 aliphatic rings. The highest BCUT2D eigenvalue weighted by Crippen LogP contribution is 2.19. The first-order valence-corrected chi connectivity index (χ1v) is 9.39. The third kappa shape index (κ3) is 4.94. The van der Waals surface area contributed by atoms with E-state index < -0.39 is 23.2 Å². The summed E-state index contributed by atoms with van der Waals surface area (Å²) in [4.78, 5) is 16.5. The second-order valence-electron chi connectivity index (χ2n) is 5.45. The van der Waals surface area contributed by atoms with Crippen LogP contribution in [0.15, 0.2) is 53.2 Å². The number of nitrogens with zero attached hydrogens (tertiary/aromatic N) is 1. The minimum absolute atomic E-state index is 0.0452. The standard InChI is InChI=1S/C18H16F2N2OS2/c19-15-6-1-7-16(20)18(15)21-17(23)12-22(10-13-4-2-8-24-13)11-14-5-3-9-25-14/h1-9H,10-12H2,(H,21,23). The van der Waals surface area contributed by atoms with Crippen molar-refractivity contribution < 1.29 is 13.6 Å². The van der Waals surface area contributed by atoms with Crippen LogP contribution in [0.25, 0.3) is 0 Å². The highest BCUT2D eigenvalue weighted by Gasteiger charge is 2.16. The van der Waals surface area contributed by atoms with E-state index >= 15 is 0 Å². The van der Waals surface area contributed by atoms with Crippen LogP contribution >= 0.6 is 22.7 Å². The van der Waals surface area contributed by atoms with E-state index in [4.69, 9.17) is 0 Å². The zero-order valence-electron chi connectivity index (χ0n) is 13.2. The van der Waals surface area contributed by atoms with Crippen molar-refractivity contribution in [2.24, 2.45) is 0 Å². The molecule has 1 N–H and O–H groups in total. The van der Waals surface area contributed by atoms with Crippen molar-refractivity contribution in [3.05, 3.63) is 74.6 Å². The number of anilines is 1. The summed E-state index contributed by atoms with van der Waals surface area (Å²) in [5, 5.41) is 6.30. The van der Waals surface area contributed by atoms with Gasteiger partial charge in [0.25, 0.3) is 0 Å². The lowest BCUT2D eigenvalue weighted by Crippen LogP contribution is -2.32. The molecule has 0 bridgehead atoms. The van der Waals surface area contributed by atoms with E-state index in [0.29, 0.717) is 13.1 Å². The Hall–Kier alpha value is -2.09. The Morgan fingerprint density at radius 3 is 1.96 bits per heavy atom. The minimum atomic E-state index is -0.781. The Morgan fingerprint density at radius 1 is 0.920 bits per heavy atom. The SMILES string of the molecule is O=C(CN(Cc1cccs1)Cc1cccs1)Nc1c(F)cccc1F. The van der Waals surface area contributed by atoms with Crippen molar-refractivity contribution in [1.82, 2.24) is 4.90 Å². The number of para-hydroxylation sites is 1. The van der Waals surface area contributed by atoms with Crippen molar-refractivity contribution in [1.29, 1.82) is 0 Å². The maximum atomic E-state index is 13.7. The van der Waals surface area contributed by atoms with Crippen LogP contribution in [0, 0.1) is 11.6 Å². The third-order valence-electron chi connectivity index (χ3n) is 3.51. The first-order chi connectivity index (χ1) is 12.1. The number of carbonyl (C=O) groups is 1. The fourth-order valence-electron chi connectivity index (χ4n) is 2.41. The molecule has 0 saturated heterocycles. The van der Waals surface area contributed by atoms with Gasteiger partial charge in [0.1, 0.15) is 17.3 Å². The molecule has 3 aromatic rings. The van der Waals surface area contributed by atoms with E-state index in [0.717, 1.165) is 21.9 Å². The van der Waals surface area contributed by atoms with Crippen LogP contribution in [0.4, 0.5) is 14.5 Å². The number of hydrogen-bond acceptors (Lipinski definition) is 4. The van der Waals surface area contributed by atoms with Crippen molar-refractivity contribution in [3.63, 3.8) is 0 Å². The monoisotopic (exact) mass is 378 g/mol. The van der Waals surface area contributed by atoms with Gasteiger partial charge in [0, 0.05) is 22.8 Å². The maximum Gasteiger partial charge on any atom is 0.238 e. The molecular formula is C18H16F2N2OS2. The molecule has 0 atom stereocenters. The smallest absolute Gasteiger partial charge is 0.238 e. The molecule has 2 aromatic heterocycles. The van der Waals surface area contributed by atoms with Crippen molar-refractivity contribution >= 4 is 34.3 Å². The predicted molar refractivity (Wildman–Crippen MR) is 97.7 cm³/mol. The third-order valence-corrected chi connectivity index (χ3v) is 5.24. The van der Waals surface area contributed by atoms with E-state index in [1.165, 1.54) is 6.07 Å². The van der Waals surface area contributed by atoms with Gasteiger partial charge in [0.2, 0.25) is 5.91 Å². The fourth-order valence-corrected chi connectivity index (χ4v) is 3.91. The summed E-state index contributed by atoms with van der Waals surface area (Å²) >= 11 is 3.22. The minimum Gasteiger partial charge on any atom is -0.320 e. The molecule has 25 heavy (non-hydrogen) atoms. The average molecular weight is 378 g/mol. The van der Waals surface area contributed by atoms with Crippen molar-refractivity contribution in [3.8, 4) is 0 Å². The quantitative estimate of drug-likeness (QED) is 0.645. The number of thiophene rings is 2. The van der Waals surface area contributed by atoms with Crippen LogP contribution in [0.1, 0.15) is 9.75 Å². The summed E-state index contributed by atoms with van der Waals surface area (Å²) < 4.78 is 27.4. The Bertz CT molecular complexity index is 763. The molecule has 130 valence electrons. The molecule has 0 unspecified atom stereocenters. The zero-order chi connectivity index (χ0) is 17.6. The highest BCUT2D eigenvalue weighted by molar-refractivity contribution is 7.10. The van der Waals surface area contributed by atoms with E-state index in [9.17, 15) is 13.6 Å². The number of halogens is 2. The number of hydrogen-bond donors (Lipinski definition) is 1. The molecule has 0 saturated carbocycles. The van der Waals surface area contributed by atoms with E-state index in [2.05, 4.69) is 5.32 Å². The molecule has 3 rings (SSSR count). The molecule has 0 radical (unpaired) electrons. The van der Waals surface area contributed by atoms with Gasteiger partial charge in [-0.2, -0.15) is 0 Å². The predicted octanol–water partition coefficient (Wildman–Crippen LogP) is 4.73. The van der Waals surface area contributed by atoms with Crippen LogP contribution in [-0.4, -0.2) is 17.4 Å². The average Bonchev–Trinajstić information content (AvgIpc) is 3.25. The van der Waals surface area contributed by atoms with Gasteiger partial charge in [-0.15, -0.1) is 22.7 Å². The van der Waals surface area contributed by atoms with Gasteiger partial charge >= 0.3 is 0 Å². The summed E-state index contributed by atoms with van der Waals surface area (Å²) in [6, 6.07) is 11.4. The number of carbonyl (C=O) groups excluding carboxylic acids is 1. The summed E-state index contributed by atoms with van der Waals surface area (Å²) in [7, 11) is 0. The summed E-state index contributed by atoms with van der Waals surface area (Å²) in [6.45, 7) is 1.25.